The molecule has 1 fully saturated rings. The first-order valence-corrected chi connectivity index (χ1v) is 9.82. The van der Waals surface area contributed by atoms with Gasteiger partial charge in [-0.2, -0.15) is 4.31 Å². The maximum atomic E-state index is 12.9. The fourth-order valence-electron chi connectivity index (χ4n) is 2.75. The van der Waals surface area contributed by atoms with Gasteiger partial charge in [-0.25, -0.2) is 8.42 Å². The van der Waals surface area contributed by atoms with E-state index < -0.39 is 10.0 Å². The fraction of sp³-hybridized carbons (Fsp3) is 0.588. The summed E-state index contributed by atoms with van der Waals surface area (Å²) < 4.78 is 32.7. The number of amides is 1. The number of carbonyl (C=O) groups is 1. The van der Waals surface area contributed by atoms with E-state index in [1.807, 2.05) is 20.8 Å². The monoisotopic (exact) mass is 354 g/mol. The molecule has 1 heterocycles. The summed E-state index contributed by atoms with van der Waals surface area (Å²) in [6, 6.07) is 6.21. The zero-order valence-corrected chi connectivity index (χ0v) is 15.3. The van der Waals surface area contributed by atoms with Gasteiger partial charge in [0.25, 0.3) is 5.91 Å². The smallest absolute Gasteiger partial charge is 0.251 e. The van der Waals surface area contributed by atoms with Crippen LogP contribution in [0.2, 0.25) is 0 Å². The zero-order chi connectivity index (χ0) is 17.7. The average molecular weight is 354 g/mol. The highest BCUT2D eigenvalue weighted by atomic mass is 32.2. The maximum Gasteiger partial charge on any atom is 0.251 e. The van der Waals surface area contributed by atoms with Gasteiger partial charge in [0.15, 0.2) is 0 Å². The predicted molar refractivity (Wildman–Crippen MR) is 92.5 cm³/mol. The fourth-order valence-corrected chi connectivity index (χ4v) is 4.39. The number of hydrogen-bond acceptors (Lipinski definition) is 4. The molecule has 1 aromatic rings. The van der Waals surface area contributed by atoms with Crippen LogP contribution < -0.4 is 5.32 Å². The van der Waals surface area contributed by atoms with Gasteiger partial charge in [-0.15, -0.1) is 0 Å². The number of morpholine rings is 1. The number of rotatable bonds is 6. The number of hydrogen-bond donors (Lipinski definition) is 1. The Balaban J connectivity index is 2.18. The molecule has 0 spiro atoms. The summed E-state index contributed by atoms with van der Waals surface area (Å²) in [5.74, 6) is -0.246. The number of benzene rings is 1. The SMILES string of the molecule is CCCCNC(=O)c1cccc(S(=O)(=O)N2C[C@@H](C)O[C@H](C)C2)c1. The summed E-state index contributed by atoms with van der Waals surface area (Å²) in [7, 11) is -3.64. The van der Waals surface area contributed by atoms with Crippen molar-refractivity contribution < 1.29 is 17.9 Å². The number of sulfonamides is 1. The van der Waals surface area contributed by atoms with E-state index in [-0.39, 0.29) is 23.0 Å². The highest BCUT2D eigenvalue weighted by Crippen LogP contribution is 2.21. The number of carbonyl (C=O) groups excluding carboxylic acids is 1. The molecule has 0 aliphatic carbocycles. The minimum absolute atomic E-state index is 0.145. The van der Waals surface area contributed by atoms with Crippen LogP contribution in [0, 0.1) is 0 Å². The van der Waals surface area contributed by atoms with Gasteiger partial charge in [0.05, 0.1) is 17.1 Å². The summed E-state index contributed by atoms with van der Waals surface area (Å²) in [5, 5.41) is 2.80. The lowest BCUT2D eigenvalue weighted by Crippen LogP contribution is -2.48. The van der Waals surface area contributed by atoms with Gasteiger partial charge in [0, 0.05) is 25.2 Å². The second kappa shape index (κ2) is 8.09. The molecule has 1 aromatic carbocycles. The molecule has 7 heteroatoms. The van der Waals surface area contributed by atoms with Crippen molar-refractivity contribution in [2.45, 2.75) is 50.7 Å². The Morgan fingerprint density at radius 2 is 1.96 bits per heavy atom. The molecule has 0 aromatic heterocycles. The molecule has 1 aliphatic heterocycles. The molecule has 0 unspecified atom stereocenters. The van der Waals surface area contributed by atoms with Crippen LogP contribution in [0.4, 0.5) is 0 Å². The van der Waals surface area contributed by atoms with Crippen LogP contribution in [0.15, 0.2) is 29.2 Å². The third-order valence-electron chi connectivity index (χ3n) is 3.94. The van der Waals surface area contributed by atoms with E-state index in [4.69, 9.17) is 4.74 Å². The van der Waals surface area contributed by atoms with E-state index in [1.54, 1.807) is 12.1 Å². The van der Waals surface area contributed by atoms with E-state index >= 15 is 0 Å². The number of nitrogens with zero attached hydrogens (tertiary/aromatic N) is 1. The van der Waals surface area contributed by atoms with Crippen molar-refractivity contribution in [3.63, 3.8) is 0 Å². The van der Waals surface area contributed by atoms with Crippen LogP contribution in [0.25, 0.3) is 0 Å². The lowest BCUT2D eigenvalue weighted by molar-refractivity contribution is -0.0440. The Kier molecular flexibility index (Phi) is 6.37. The molecule has 134 valence electrons. The summed E-state index contributed by atoms with van der Waals surface area (Å²) in [6.07, 6.45) is 1.59. The molecule has 1 amide bonds. The van der Waals surface area contributed by atoms with Crippen LogP contribution in [-0.2, 0) is 14.8 Å². The lowest BCUT2D eigenvalue weighted by atomic mass is 10.2. The number of ether oxygens (including phenoxy) is 1. The van der Waals surface area contributed by atoms with Gasteiger partial charge in [-0.3, -0.25) is 4.79 Å². The Labute approximate surface area is 144 Å². The van der Waals surface area contributed by atoms with Crippen molar-refractivity contribution >= 4 is 15.9 Å². The second-order valence-electron chi connectivity index (χ2n) is 6.22. The van der Waals surface area contributed by atoms with E-state index in [2.05, 4.69) is 5.32 Å². The summed E-state index contributed by atoms with van der Waals surface area (Å²) in [4.78, 5) is 12.3. The van der Waals surface area contributed by atoms with E-state index in [1.165, 1.54) is 16.4 Å². The van der Waals surface area contributed by atoms with Gasteiger partial charge in [0.1, 0.15) is 0 Å². The molecule has 1 saturated heterocycles. The maximum absolute atomic E-state index is 12.9. The largest absolute Gasteiger partial charge is 0.373 e. The molecule has 1 N–H and O–H groups in total. The minimum Gasteiger partial charge on any atom is -0.373 e. The Morgan fingerprint density at radius 1 is 1.29 bits per heavy atom. The normalized spacial score (nSPS) is 22.3. The summed E-state index contributed by atoms with van der Waals surface area (Å²) in [6.45, 7) is 6.99. The molecular weight excluding hydrogens is 328 g/mol. The van der Waals surface area contributed by atoms with Crippen LogP contribution in [0.1, 0.15) is 44.0 Å². The molecular formula is C17H26N2O4S. The van der Waals surface area contributed by atoms with E-state index in [0.29, 0.717) is 25.2 Å². The van der Waals surface area contributed by atoms with Crippen LogP contribution >= 0.6 is 0 Å². The number of unbranched alkanes of at least 4 members (excludes halogenated alkanes) is 1. The molecule has 1 aliphatic rings. The van der Waals surface area contributed by atoms with Crippen molar-refractivity contribution in [3.05, 3.63) is 29.8 Å². The highest BCUT2D eigenvalue weighted by molar-refractivity contribution is 7.89. The van der Waals surface area contributed by atoms with Crippen molar-refractivity contribution in [2.75, 3.05) is 19.6 Å². The first kappa shape index (κ1) is 18.9. The Hall–Kier alpha value is -1.44. The highest BCUT2D eigenvalue weighted by Gasteiger charge is 2.32. The first-order chi connectivity index (χ1) is 11.3. The summed E-state index contributed by atoms with van der Waals surface area (Å²) in [5.41, 5.74) is 0.363. The van der Waals surface area contributed by atoms with Gasteiger partial charge >= 0.3 is 0 Å². The van der Waals surface area contributed by atoms with Crippen molar-refractivity contribution in [1.82, 2.24) is 9.62 Å². The van der Waals surface area contributed by atoms with Gasteiger partial charge < -0.3 is 10.1 Å². The Bertz CT molecular complexity index is 665. The summed E-state index contributed by atoms with van der Waals surface area (Å²) >= 11 is 0. The zero-order valence-electron chi connectivity index (χ0n) is 14.5. The van der Waals surface area contributed by atoms with Gasteiger partial charge in [0.2, 0.25) is 10.0 Å². The van der Waals surface area contributed by atoms with Gasteiger partial charge in [-0.1, -0.05) is 19.4 Å². The predicted octanol–water partition coefficient (Wildman–Crippen LogP) is 2.01. The van der Waals surface area contributed by atoms with Crippen molar-refractivity contribution in [3.8, 4) is 0 Å². The van der Waals surface area contributed by atoms with E-state index in [0.717, 1.165) is 12.8 Å². The Morgan fingerprint density at radius 3 is 2.58 bits per heavy atom. The molecule has 0 radical (unpaired) electrons. The molecule has 2 atom stereocenters. The topological polar surface area (TPSA) is 75.7 Å². The third-order valence-corrected chi connectivity index (χ3v) is 5.76. The first-order valence-electron chi connectivity index (χ1n) is 8.38. The standard InChI is InChI=1S/C17H26N2O4S/c1-4-5-9-18-17(20)15-7-6-8-16(10-15)24(21,22)19-11-13(2)23-14(3)12-19/h6-8,10,13-14H,4-5,9,11-12H2,1-3H3,(H,18,20)/t13-,14-/m1/s1. The van der Waals surface area contributed by atoms with Crippen LogP contribution in [0.3, 0.4) is 0 Å². The second-order valence-corrected chi connectivity index (χ2v) is 8.15. The minimum atomic E-state index is -3.64. The molecule has 24 heavy (non-hydrogen) atoms. The number of nitrogens with one attached hydrogen (secondary N) is 1. The molecule has 2 rings (SSSR count). The van der Waals surface area contributed by atoms with Gasteiger partial charge in [-0.05, 0) is 38.5 Å². The van der Waals surface area contributed by atoms with Crippen molar-refractivity contribution in [1.29, 1.82) is 0 Å². The van der Waals surface area contributed by atoms with Crippen molar-refractivity contribution in [2.24, 2.45) is 0 Å². The quantitative estimate of drug-likeness (QED) is 0.793. The molecule has 0 saturated carbocycles. The van der Waals surface area contributed by atoms with Crippen LogP contribution in [0.5, 0.6) is 0 Å². The molecule has 6 nitrogen and oxygen atoms in total. The van der Waals surface area contributed by atoms with Crippen LogP contribution in [-0.4, -0.2) is 50.5 Å². The van der Waals surface area contributed by atoms with E-state index in [9.17, 15) is 13.2 Å². The molecule has 0 bridgehead atoms. The lowest BCUT2D eigenvalue weighted by Gasteiger charge is -2.34. The average Bonchev–Trinajstić information content (AvgIpc) is 2.54. The third kappa shape index (κ3) is 4.55.